The quantitative estimate of drug-likeness (QED) is 0.205. The maximum Gasteiger partial charge on any atom is -0.0257 e. The summed E-state index contributed by atoms with van der Waals surface area (Å²) < 4.78 is 0. The average Bonchev–Trinajstić information content (AvgIpc) is 3.07. The molecule has 5 rings (SSSR count). The van der Waals surface area contributed by atoms with Gasteiger partial charge in [0, 0.05) is 0 Å². The van der Waals surface area contributed by atoms with Gasteiger partial charge in [-0.3, -0.25) is 0 Å². The van der Waals surface area contributed by atoms with Gasteiger partial charge in [-0.1, -0.05) is 214 Å². The van der Waals surface area contributed by atoms with Crippen LogP contribution in [0.3, 0.4) is 0 Å². The van der Waals surface area contributed by atoms with Crippen molar-refractivity contribution in [2.45, 2.75) is 13.8 Å². The molecule has 212 valence electrons. The van der Waals surface area contributed by atoms with E-state index in [4.69, 9.17) is 0 Å². The van der Waals surface area contributed by atoms with Crippen molar-refractivity contribution in [1.29, 1.82) is 0 Å². The van der Waals surface area contributed by atoms with E-state index >= 15 is 0 Å². The second-order valence-electron chi connectivity index (χ2n) is 9.09. The Morgan fingerprint density at radius 3 is 0.667 bits per heavy atom. The van der Waals surface area contributed by atoms with Gasteiger partial charge in [-0.25, -0.2) is 0 Å². The first-order valence-corrected chi connectivity index (χ1v) is 13.9. The Bertz CT molecular complexity index is 1220. The van der Waals surface area contributed by atoms with Crippen molar-refractivity contribution in [3.8, 4) is 0 Å². The largest absolute Gasteiger partial charge is 0.0985 e. The predicted molar refractivity (Wildman–Crippen MR) is 192 cm³/mol. The van der Waals surface area contributed by atoms with E-state index in [0.29, 0.717) is 0 Å². The lowest BCUT2D eigenvalue weighted by Crippen LogP contribution is -1.69. The zero-order valence-electron chi connectivity index (χ0n) is 25.1. The molecular formula is C42H44. The van der Waals surface area contributed by atoms with Crippen LogP contribution in [-0.2, 0) is 0 Å². The Labute approximate surface area is 255 Å². The minimum atomic E-state index is 1.17. The van der Waals surface area contributed by atoms with Crippen molar-refractivity contribution < 1.29 is 0 Å². The molecule has 0 aromatic heterocycles. The third-order valence-corrected chi connectivity index (χ3v) is 5.40. The predicted octanol–water partition coefficient (Wildman–Crippen LogP) is 12.4. The molecule has 0 nitrogen and oxygen atoms in total. The lowest BCUT2D eigenvalue weighted by molar-refractivity contribution is 1.42. The van der Waals surface area contributed by atoms with E-state index in [2.05, 4.69) is 70.5 Å². The number of rotatable bonds is 5. The highest BCUT2D eigenvalue weighted by molar-refractivity contribution is 5.51. The second kappa shape index (κ2) is 23.7. The van der Waals surface area contributed by atoms with Gasteiger partial charge in [-0.15, -0.1) is 0 Å². The highest BCUT2D eigenvalue weighted by Crippen LogP contribution is 2.04. The number of allylic oxidation sites excluding steroid dienone is 1. The van der Waals surface area contributed by atoms with E-state index in [1.165, 1.54) is 33.4 Å². The van der Waals surface area contributed by atoms with E-state index in [0.717, 1.165) is 0 Å². The molecule has 0 heterocycles. The van der Waals surface area contributed by atoms with E-state index in [-0.39, 0.29) is 0 Å². The van der Waals surface area contributed by atoms with Crippen LogP contribution < -0.4 is 0 Å². The summed E-state index contributed by atoms with van der Waals surface area (Å²) in [5, 5.41) is 0. The highest BCUT2D eigenvalue weighted by atomic mass is 13.9. The molecule has 0 bridgehead atoms. The van der Waals surface area contributed by atoms with Gasteiger partial charge in [-0.05, 0) is 41.7 Å². The topological polar surface area (TPSA) is 0 Å². The summed E-state index contributed by atoms with van der Waals surface area (Å²) >= 11 is 0. The molecule has 0 aliphatic carbocycles. The Balaban J connectivity index is 0.000000263. The summed E-state index contributed by atoms with van der Waals surface area (Å²) in [5.41, 5.74) is 7.31. The monoisotopic (exact) mass is 548 g/mol. The maximum absolute atomic E-state index is 3.63. The fourth-order valence-corrected chi connectivity index (χ4v) is 3.24. The third-order valence-electron chi connectivity index (χ3n) is 5.40. The van der Waals surface area contributed by atoms with Crippen LogP contribution in [0, 0.1) is 0 Å². The minimum Gasteiger partial charge on any atom is -0.0985 e. The fraction of sp³-hybridized carbons (Fsp3) is 0.0476. The van der Waals surface area contributed by atoms with Gasteiger partial charge in [0.15, 0.2) is 0 Å². The Morgan fingerprint density at radius 2 is 0.524 bits per heavy atom. The lowest BCUT2D eigenvalue weighted by atomic mass is 10.2. The summed E-state index contributed by atoms with van der Waals surface area (Å²) in [6.45, 7) is 18.7. The van der Waals surface area contributed by atoms with Gasteiger partial charge < -0.3 is 0 Å². The van der Waals surface area contributed by atoms with Crippen molar-refractivity contribution in [3.05, 3.63) is 211 Å². The Kier molecular flexibility index (Phi) is 19.6. The zero-order chi connectivity index (χ0) is 30.7. The fourth-order valence-electron chi connectivity index (χ4n) is 3.24. The molecule has 42 heavy (non-hydrogen) atoms. The smallest absolute Gasteiger partial charge is 0.0257 e. The Morgan fingerprint density at radius 1 is 0.333 bits per heavy atom. The molecule has 0 spiro atoms. The molecule has 0 amide bonds. The van der Waals surface area contributed by atoms with Crippen LogP contribution in [0.15, 0.2) is 184 Å². The zero-order valence-corrected chi connectivity index (χ0v) is 25.1. The first-order chi connectivity index (χ1) is 20.5. The SMILES string of the molecule is C=Cc1ccccc1.C=Cc1ccccc1.C=Cc1ccccc1.C=Cc1ccccc1.CC(C)=Cc1ccccc1. The van der Waals surface area contributed by atoms with Crippen LogP contribution >= 0.6 is 0 Å². The summed E-state index contributed by atoms with van der Waals surface area (Å²) in [5.74, 6) is 0. The highest BCUT2D eigenvalue weighted by Gasteiger charge is 1.82. The Hall–Kier alpha value is -5.20. The minimum absolute atomic E-state index is 1.17. The van der Waals surface area contributed by atoms with Gasteiger partial charge in [0.2, 0.25) is 0 Å². The van der Waals surface area contributed by atoms with Crippen molar-refractivity contribution in [3.63, 3.8) is 0 Å². The summed E-state index contributed by atoms with van der Waals surface area (Å²) in [4.78, 5) is 0. The number of hydrogen-bond acceptors (Lipinski definition) is 0. The molecule has 5 aromatic rings. The first-order valence-electron chi connectivity index (χ1n) is 13.9. The van der Waals surface area contributed by atoms with Crippen molar-refractivity contribution >= 4 is 30.4 Å². The normalized spacial score (nSPS) is 8.62. The molecule has 0 aliphatic rings. The van der Waals surface area contributed by atoms with Gasteiger partial charge in [-0.2, -0.15) is 0 Å². The van der Waals surface area contributed by atoms with E-state index in [1.807, 2.05) is 152 Å². The van der Waals surface area contributed by atoms with E-state index in [1.54, 1.807) is 0 Å². The van der Waals surface area contributed by atoms with Crippen LogP contribution in [0.4, 0.5) is 0 Å². The van der Waals surface area contributed by atoms with Crippen molar-refractivity contribution in [1.82, 2.24) is 0 Å². The second-order valence-corrected chi connectivity index (χ2v) is 9.09. The van der Waals surface area contributed by atoms with Crippen LogP contribution in [0.5, 0.6) is 0 Å². The standard InChI is InChI=1S/C10H12.4C8H8/c1-9(2)8-10-6-4-3-5-7-10;4*1-2-8-6-4-3-5-7-8/h3-8H,1-2H3;4*2-7H,1H2. The first kappa shape index (κ1) is 34.8. The molecule has 0 atom stereocenters. The van der Waals surface area contributed by atoms with E-state index < -0.39 is 0 Å². The van der Waals surface area contributed by atoms with E-state index in [9.17, 15) is 0 Å². The molecule has 0 saturated carbocycles. The number of hydrogen-bond donors (Lipinski definition) is 0. The molecule has 5 aromatic carbocycles. The maximum atomic E-state index is 3.63. The number of benzene rings is 5. The summed E-state index contributed by atoms with van der Waals surface area (Å²) in [6.07, 6.45) is 9.50. The van der Waals surface area contributed by atoms with Crippen LogP contribution in [0.25, 0.3) is 30.4 Å². The van der Waals surface area contributed by atoms with Gasteiger partial charge in [0.05, 0.1) is 0 Å². The summed E-state index contributed by atoms with van der Waals surface area (Å²) in [6, 6.07) is 50.5. The van der Waals surface area contributed by atoms with Crippen molar-refractivity contribution in [2.75, 3.05) is 0 Å². The van der Waals surface area contributed by atoms with Crippen LogP contribution in [-0.4, -0.2) is 0 Å². The lowest BCUT2D eigenvalue weighted by Gasteiger charge is -1.91. The molecular weight excluding hydrogens is 504 g/mol. The molecule has 0 aliphatic heterocycles. The van der Waals surface area contributed by atoms with Gasteiger partial charge in [0.25, 0.3) is 0 Å². The van der Waals surface area contributed by atoms with Crippen molar-refractivity contribution in [2.24, 2.45) is 0 Å². The summed E-state index contributed by atoms with van der Waals surface area (Å²) in [7, 11) is 0. The third kappa shape index (κ3) is 18.2. The average molecular weight is 549 g/mol. The molecule has 0 saturated heterocycles. The molecule has 0 N–H and O–H groups in total. The van der Waals surface area contributed by atoms with Gasteiger partial charge in [0.1, 0.15) is 0 Å². The molecule has 0 unspecified atom stereocenters. The molecule has 0 fully saturated rings. The van der Waals surface area contributed by atoms with Crippen LogP contribution in [0.1, 0.15) is 41.7 Å². The van der Waals surface area contributed by atoms with Crippen LogP contribution in [0.2, 0.25) is 0 Å². The van der Waals surface area contributed by atoms with Gasteiger partial charge >= 0.3 is 0 Å². The molecule has 0 radical (unpaired) electrons. The molecule has 0 heteroatoms.